The van der Waals surface area contributed by atoms with E-state index >= 15 is 0 Å². The average molecular weight is 439 g/mol. The number of anilines is 1. The molecule has 0 spiro atoms. The van der Waals surface area contributed by atoms with Gasteiger partial charge in [0.15, 0.2) is 0 Å². The molecule has 30 heavy (non-hydrogen) atoms. The molecule has 2 aliphatic heterocycles. The first-order valence-corrected chi connectivity index (χ1v) is 9.33. The Bertz CT molecular complexity index is 1060. The monoisotopic (exact) mass is 438 g/mol. The lowest BCUT2D eigenvalue weighted by Gasteiger charge is -2.29. The number of hydrogen-bond donors (Lipinski definition) is 1. The minimum atomic E-state index is -4.61. The van der Waals surface area contributed by atoms with Crippen LogP contribution in [0.3, 0.4) is 0 Å². The van der Waals surface area contributed by atoms with Gasteiger partial charge in [0.25, 0.3) is 0 Å². The van der Waals surface area contributed by atoms with Crippen LogP contribution in [-0.2, 0) is 20.5 Å². The fourth-order valence-electron chi connectivity index (χ4n) is 3.60. The molecular weight excluding hydrogens is 425 g/mol. The maximum absolute atomic E-state index is 13.0. The molecule has 2 atom stereocenters. The number of amides is 2. The number of likely N-dealkylation sites (tertiary alicyclic amines) is 1. The van der Waals surface area contributed by atoms with Crippen LogP contribution in [0.2, 0.25) is 5.02 Å². The van der Waals surface area contributed by atoms with E-state index in [0.29, 0.717) is 11.1 Å². The van der Waals surface area contributed by atoms with Crippen LogP contribution < -0.4 is 5.32 Å². The molecule has 0 saturated carbocycles. The van der Waals surface area contributed by atoms with Crippen LogP contribution in [0.25, 0.3) is 0 Å². The number of rotatable bonds is 3. The Hall–Kier alpha value is -3.07. The highest BCUT2D eigenvalue weighted by atomic mass is 35.5. The summed E-state index contributed by atoms with van der Waals surface area (Å²) < 4.78 is 44.2. The van der Waals surface area contributed by atoms with Gasteiger partial charge in [-0.1, -0.05) is 29.8 Å². The molecule has 2 aromatic rings. The third kappa shape index (κ3) is 3.49. The fraction of sp³-hybridized carbons (Fsp3) is 0.250. The summed E-state index contributed by atoms with van der Waals surface area (Å²) in [6.45, 7) is 0. The molecule has 156 valence electrons. The molecular formula is C20H14ClF3N2O4. The number of nitrogens with zero attached hydrogens (tertiary/aromatic N) is 1. The van der Waals surface area contributed by atoms with Crippen LogP contribution in [0, 0.1) is 0 Å². The van der Waals surface area contributed by atoms with E-state index in [2.05, 4.69) is 5.32 Å². The molecule has 0 radical (unpaired) electrons. The zero-order chi connectivity index (χ0) is 21.6. The second kappa shape index (κ2) is 7.32. The van der Waals surface area contributed by atoms with Crippen LogP contribution in [0.4, 0.5) is 18.9 Å². The van der Waals surface area contributed by atoms with Gasteiger partial charge < -0.3 is 10.1 Å². The Morgan fingerprint density at radius 3 is 2.63 bits per heavy atom. The number of benzene rings is 2. The topological polar surface area (TPSA) is 75.7 Å². The summed E-state index contributed by atoms with van der Waals surface area (Å²) in [6, 6.07) is 8.02. The van der Waals surface area contributed by atoms with E-state index in [9.17, 15) is 27.6 Å². The summed E-state index contributed by atoms with van der Waals surface area (Å²) in [5.74, 6) is -1.74. The van der Waals surface area contributed by atoms with Crippen LogP contribution in [0.15, 0.2) is 42.5 Å². The van der Waals surface area contributed by atoms with Crippen molar-refractivity contribution in [2.75, 3.05) is 5.32 Å². The van der Waals surface area contributed by atoms with Gasteiger partial charge in [0.1, 0.15) is 6.04 Å². The molecule has 4 rings (SSSR count). The molecule has 2 amide bonds. The van der Waals surface area contributed by atoms with Gasteiger partial charge in [-0.05, 0) is 30.7 Å². The summed E-state index contributed by atoms with van der Waals surface area (Å²) in [7, 11) is 0. The van der Waals surface area contributed by atoms with E-state index in [1.54, 1.807) is 24.3 Å². The van der Waals surface area contributed by atoms with Crippen molar-refractivity contribution in [2.24, 2.45) is 0 Å². The van der Waals surface area contributed by atoms with Gasteiger partial charge >= 0.3 is 12.1 Å². The number of esters is 1. The highest BCUT2D eigenvalue weighted by Crippen LogP contribution is 2.39. The lowest BCUT2D eigenvalue weighted by molar-refractivity contribution is -0.144. The van der Waals surface area contributed by atoms with Gasteiger partial charge in [0.05, 0.1) is 21.8 Å². The number of nitrogens with one attached hydrogen (secondary N) is 1. The van der Waals surface area contributed by atoms with Gasteiger partial charge in [0.2, 0.25) is 18.0 Å². The second-order valence-electron chi connectivity index (χ2n) is 6.88. The van der Waals surface area contributed by atoms with Crippen LogP contribution in [0.1, 0.15) is 40.6 Å². The zero-order valence-corrected chi connectivity index (χ0v) is 16.0. The van der Waals surface area contributed by atoms with Gasteiger partial charge in [-0.15, -0.1) is 0 Å². The predicted octanol–water partition coefficient (Wildman–Crippen LogP) is 4.16. The van der Waals surface area contributed by atoms with E-state index < -0.39 is 41.8 Å². The molecule has 0 aromatic heterocycles. The first kappa shape index (κ1) is 20.2. The van der Waals surface area contributed by atoms with Crippen molar-refractivity contribution in [1.29, 1.82) is 0 Å². The van der Waals surface area contributed by atoms with Gasteiger partial charge in [-0.2, -0.15) is 13.2 Å². The maximum atomic E-state index is 13.0. The third-order valence-corrected chi connectivity index (χ3v) is 5.36. The molecule has 6 nitrogen and oxygen atoms in total. The SMILES string of the molecule is O=C1O[C@@H](N2C(=O)CC[C@H]2C(=O)Nc2cc(C(F)(F)F)ccc2Cl)c2ccccc21. The minimum Gasteiger partial charge on any atom is -0.433 e. The Labute approximate surface area is 173 Å². The van der Waals surface area contributed by atoms with E-state index in [1.807, 2.05) is 0 Å². The summed E-state index contributed by atoms with van der Waals surface area (Å²) in [4.78, 5) is 38.6. The van der Waals surface area contributed by atoms with Crippen molar-refractivity contribution >= 4 is 35.1 Å². The van der Waals surface area contributed by atoms with E-state index in [1.165, 1.54) is 0 Å². The molecule has 0 bridgehead atoms. The van der Waals surface area contributed by atoms with E-state index in [0.717, 1.165) is 23.1 Å². The van der Waals surface area contributed by atoms with Crippen molar-refractivity contribution in [2.45, 2.75) is 31.3 Å². The second-order valence-corrected chi connectivity index (χ2v) is 7.29. The van der Waals surface area contributed by atoms with Crippen LogP contribution in [0.5, 0.6) is 0 Å². The quantitative estimate of drug-likeness (QED) is 0.730. The van der Waals surface area contributed by atoms with Crippen molar-refractivity contribution in [1.82, 2.24) is 4.90 Å². The van der Waals surface area contributed by atoms with Crippen LogP contribution in [-0.4, -0.2) is 28.7 Å². The molecule has 2 aromatic carbocycles. The molecule has 1 fully saturated rings. The molecule has 2 heterocycles. The van der Waals surface area contributed by atoms with Crippen LogP contribution >= 0.6 is 11.6 Å². The number of halogens is 4. The molecule has 2 aliphatic rings. The minimum absolute atomic E-state index is 0.0324. The number of cyclic esters (lactones) is 1. The predicted molar refractivity (Wildman–Crippen MR) is 99.6 cm³/mol. The third-order valence-electron chi connectivity index (χ3n) is 5.03. The molecule has 1 N–H and O–H groups in total. The van der Waals surface area contributed by atoms with Gasteiger partial charge in [0, 0.05) is 12.0 Å². The first-order chi connectivity index (χ1) is 14.2. The van der Waals surface area contributed by atoms with E-state index in [4.69, 9.17) is 16.3 Å². The molecule has 0 unspecified atom stereocenters. The van der Waals surface area contributed by atoms with E-state index in [-0.39, 0.29) is 23.6 Å². The molecule has 0 aliphatic carbocycles. The summed E-state index contributed by atoms with van der Waals surface area (Å²) in [5, 5.41) is 2.29. The number of hydrogen-bond acceptors (Lipinski definition) is 4. The number of fused-ring (bicyclic) bond motifs is 1. The Morgan fingerprint density at radius 2 is 1.90 bits per heavy atom. The highest BCUT2D eigenvalue weighted by molar-refractivity contribution is 6.33. The van der Waals surface area contributed by atoms with Crippen molar-refractivity contribution < 1.29 is 32.3 Å². The normalized spacial score (nSPS) is 20.9. The lowest BCUT2D eigenvalue weighted by atomic mass is 10.1. The number of ether oxygens (including phenoxy) is 1. The largest absolute Gasteiger partial charge is 0.433 e. The smallest absolute Gasteiger partial charge is 0.416 e. The first-order valence-electron chi connectivity index (χ1n) is 8.95. The fourth-order valence-corrected chi connectivity index (χ4v) is 3.77. The molecule has 1 saturated heterocycles. The van der Waals surface area contributed by atoms with Gasteiger partial charge in [-0.25, -0.2) is 4.79 Å². The van der Waals surface area contributed by atoms with Gasteiger partial charge in [-0.3, -0.25) is 14.5 Å². The Morgan fingerprint density at radius 1 is 1.17 bits per heavy atom. The Kier molecular flexibility index (Phi) is 4.93. The number of alkyl halides is 3. The average Bonchev–Trinajstić information content (AvgIpc) is 3.23. The summed E-state index contributed by atoms with van der Waals surface area (Å²) in [6.07, 6.45) is -5.53. The number of carbonyl (C=O) groups excluding carboxylic acids is 3. The standard InChI is InChI=1S/C20H14ClF3N2O4/c21-13-6-5-10(20(22,23)24)9-14(13)25-17(28)15-7-8-16(27)26(15)18-11-3-1-2-4-12(11)19(29)30-18/h1-6,9,15,18H,7-8H2,(H,25,28)/t15-,18+/m0/s1. The number of carbonyl (C=O) groups is 3. The summed E-state index contributed by atoms with van der Waals surface area (Å²) >= 11 is 5.94. The zero-order valence-electron chi connectivity index (χ0n) is 15.2. The van der Waals surface area contributed by atoms with Crippen molar-refractivity contribution in [3.8, 4) is 0 Å². The Balaban J connectivity index is 1.61. The van der Waals surface area contributed by atoms with Crippen molar-refractivity contribution in [3.05, 3.63) is 64.2 Å². The highest BCUT2D eigenvalue weighted by Gasteiger charge is 2.46. The lowest BCUT2D eigenvalue weighted by Crippen LogP contribution is -2.43. The maximum Gasteiger partial charge on any atom is 0.416 e. The van der Waals surface area contributed by atoms with Crippen molar-refractivity contribution in [3.63, 3.8) is 0 Å². The molecule has 10 heteroatoms. The summed E-state index contributed by atoms with van der Waals surface area (Å²) in [5.41, 5.74) is -0.449.